The molecule has 2 N–H and O–H groups in total. The highest BCUT2D eigenvalue weighted by Crippen LogP contribution is 2.24. The zero-order chi connectivity index (χ0) is 18.1. The van der Waals surface area contributed by atoms with Crippen LogP contribution in [0.5, 0.6) is 5.75 Å². The van der Waals surface area contributed by atoms with E-state index in [0.29, 0.717) is 18.5 Å². The summed E-state index contributed by atoms with van der Waals surface area (Å²) in [6.45, 7) is 0.540. The van der Waals surface area contributed by atoms with Gasteiger partial charge in [-0.15, -0.1) is 0 Å². The van der Waals surface area contributed by atoms with Gasteiger partial charge in [-0.05, 0) is 24.1 Å². The van der Waals surface area contributed by atoms with Crippen molar-refractivity contribution in [2.24, 2.45) is 0 Å². The van der Waals surface area contributed by atoms with Gasteiger partial charge in [0.1, 0.15) is 12.4 Å². The molecule has 0 atom stereocenters. The molecule has 0 heterocycles. The molecule has 1 amide bonds. The van der Waals surface area contributed by atoms with Crippen LogP contribution in [0.25, 0.3) is 6.08 Å². The Morgan fingerprint density at radius 1 is 1.24 bits per heavy atom. The van der Waals surface area contributed by atoms with Gasteiger partial charge >= 0.3 is 6.09 Å². The van der Waals surface area contributed by atoms with E-state index in [1.54, 1.807) is 12.2 Å². The third-order valence-corrected chi connectivity index (χ3v) is 3.30. The number of benzene rings is 2. The Balaban J connectivity index is 1.74. The van der Waals surface area contributed by atoms with Crippen LogP contribution < -0.4 is 5.32 Å². The molecule has 2 aromatic carbocycles. The molecule has 2 aromatic rings. The van der Waals surface area contributed by atoms with E-state index in [2.05, 4.69) is 5.32 Å². The Kier molecular flexibility index (Phi) is 6.53. The second-order valence-electron chi connectivity index (χ2n) is 5.18. The molecule has 0 spiro atoms. The lowest BCUT2D eigenvalue weighted by Gasteiger charge is -2.05. The summed E-state index contributed by atoms with van der Waals surface area (Å²) in [6, 6.07) is 13.3. The molecule has 130 valence electrons. The Bertz CT molecular complexity index is 759. The van der Waals surface area contributed by atoms with Crippen LogP contribution in [0, 0.1) is 10.1 Å². The normalized spacial score (nSPS) is 10.6. The van der Waals surface area contributed by atoms with Crippen molar-refractivity contribution in [2.75, 3.05) is 6.54 Å². The third kappa shape index (κ3) is 5.98. The molecule has 2 rings (SSSR count). The minimum absolute atomic E-state index is 0.160. The average Bonchev–Trinajstić information content (AvgIpc) is 2.61. The van der Waals surface area contributed by atoms with E-state index in [0.717, 1.165) is 11.6 Å². The molecule has 0 saturated heterocycles. The van der Waals surface area contributed by atoms with Gasteiger partial charge in [0.25, 0.3) is 5.69 Å². The molecule has 7 heteroatoms. The Labute approximate surface area is 144 Å². The second-order valence-corrected chi connectivity index (χ2v) is 5.18. The van der Waals surface area contributed by atoms with Crippen molar-refractivity contribution in [3.05, 3.63) is 75.8 Å². The van der Waals surface area contributed by atoms with Crippen LogP contribution in [0.2, 0.25) is 0 Å². The van der Waals surface area contributed by atoms with E-state index in [1.807, 2.05) is 30.3 Å². The number of hydrogen-bond acceptors (Lipinski definition) is 5. The lowest BCUT2D eigenvalue weighted by atomic mass is 10.1. The average molecular weight is 342 g/mol. The number of phenolic OH excluding ortho intramolecular Hbond substituents is 1. The largest absolute Gasteiger partial charge is 0.508 e. The third-order valence-electron chi connectivity index (χ3n) is 3.30. The number of nitro groups is 1. The standard InChI is InChI=1S/C18H18N2O5/c21-16-10-9-15(17(12-16)20(23)24)8-4-5-11-19-18(22)25-13-14-6-2-1-3-7-14/h1-4,6-10,12,21H,5,11,13H2,(H,19,22). The first-order chi connectivity index (χ1) is 12.1. The topological polar surface area (TPSA) is 102 Å². The summed E-state index contributed by atoms with van der Waals surface area (Å²) in [6.07, 6.45) is 3.25. The van der Waals surface area contributed by atoms with E-state index in [9.17, 15) is 20.0 Å². The first kappa shape index (κ1) is 18.0. The minimum Gasteiger partial charge on any atom is -0.508 e. The summed E-state index contributed by atoms with van der Waals surface area (Å²) in [5, 5.41) is 22.8. The molecule has 7 nitrogen and oxygen atoms in total. The molecule has 25 heavy (non-hydrogen) atoms. The van der Waals surface area contributed by atoms with Gasteiger partial charge < -0.3 is 15.2 Å². The van der Waals surface area contributed by atoms with Gasteiger partial charge in [0, 0.05) is 6.54 Å². The van der Waals surface area contributed by atoms with E-state index in [1.165, 1.54) is 12.1 Å². The summed E-state index contributed by atoms with van der Waals surface area (Å²) in [4.78, 5) is 21.9. The van der Waals surface area contributed by atoms with Crippen molar-refractivity contribution < 1.29 is 19.6 Å². The number of aromatic hydroxyl groups is 1. The number of alkyl carbamates (subject to hydrolysis) is 1. The van der Waals surface area contributed by atoms with Crippen molar-refractivity contribution >= 4 is 17.9 Å². The molecule has 0 fully saturated rings. The fourth-order valence-corrected chi connectivity index (χ4v) is 2.07. The van der Waals surface area contributed by atoms with Crippen molar-refractivity contribution in [1.82, 2.24) is 5.32 Å². The predicted octanol–water partition coefficient (Wildman–Crippen LogP) is 3.63. The van der Waals surface area contributed by atoms with Crippen molar-refractivity contribution in [3.63, 3.8) is 0 Å². The SMILES string of the molecule is O=C(NCCC=Cc1ccc(O)cc1[N+](=O)[O-])OCc1ccccc1. The van der Waals surface area contributed by atoms with Crippen LogP contribution in [-0.2, 0) is 11.3 Å². The Morgan fingerprint density at radius 3 is 2.72 bits per heavy atom. The van der Waals surface area contributed by atoms with Crippen molar-refractivity contribution in [2.45, 2.75) is 13.0 Å². The van der Waals surface area contributed by atoms with Crippen LogP contribution in [-0.4, -0.2) is 22.7 Å². The van der Waals surface area contributed by atoms with Crippen LogP contribution in [0.3, 0.4) is 0 Å². The number of nitrogens with zero attached hydrogens (tertiary/aromatic N) is 1. The Morgan fingerprint density at radius 2 is 2.00 bits per heavy atom. The van der Waals surface area contributed by atoms with Crippen LogP contribution in [0.4, 0.5) is 10.5 Å². The number of hydrogen-bond donors (Lipinski definition) is 2. The zero-order valence-electron chi connectivity index (χ0n) is 13.4. The minimum atomic E-state index is -0.557. The van der Waals surface area contributed by atoms with Gasteiger partial charge in [0.2, 0.25) is 0 Å². The molecule has 0 bridgehead atoms. The lowest BCUT2D eigenvalue weighted by molar-refractivity contribution is -0.385. The van der Waals surface area contributed by atoms with Crippen LogP contribution in [0.1, 0.15) is 17.5 Å². The number of amides is 1. The lowest BCUT2D eigenvalue weighted by Crippen LogP contribution is -2.24. The maximum atomic E-state index is 11.6. The van der Waals surface area contributed by atoms with Gasteiger partial charge in [-0.25, -0.2) is 4.79 Å². The summed E-state index contributed by atoms with van der Waals surface area (Å²) >= 11 is 0. The maximum Gasteiger partial charge on any atom is 0.407 e. The summed E-state index contributed by atoms with van der Waals surface area (Å²) in [5.74, 6) is -0.160. The molecule has 0 aromatic heterocycles. The number of phenols is 1. The number of carbonyl (C=O) groups is 1. The van der Waals surface area contributed by atoms with Gasteiger partial charge in [-0.3, -0.25) is 10.1 Å². The predicted molar refractivity (Wildman–Crippen MR) is 93.0 cm³/mol. The van der Waals surface area contributed by atoms with Gasteiger partial charge in [-0.1, -0.05) is 42.5 Å². The molecule has 0 saturated carbocycles. The molecule has 0 aliphatic rings. The fraction of sp³-hybridized carbons (Fsp3) is 0.167. The number of carbonyl (C=O) groups excluding carboxylic acids is 1. The summed E-state index contributed by atoms with van der Waals surface area (Å²) < 4.78 is 5.07. The highest BCUT2D eigenvalue weighted by molar-refractivity contribution is 5.67. The van der Waals surface area contributed by atoms with Gasteiger partial charge in [0.15, 0.2) is 0 Å². The number of rotatable bonds is 7. The first-order valence-corrected chi connectivity index (χ1v) is 7.65. The van der Waals surface area contributed by atoms with E-state index in [-0.39, 0.29) is 18.0 Å². The maximum absolute atomic E-state index is 11.6. The van der Waals surface area contributed by atoms with Crippen LogP contribution in [0.15, 0.2) is 54.6 Å². The fourth-order valence-electron chi connectivity index (χ4n) is 2.07. The molecule has 0 radical (unpaired) electrons. The summed E-state index contributed by atoms with van der Waals surface area (Å²) in [5.41, 5.74) is 1.11. The van der Waals surface area contributed by atoms with E-state index < -0.39 is 11.0 Å². The quantitative estimate of drug-likeness (QED) is 0.454. The van der Waals surface area contributed by atoms with Crippen molar-refractivity contribution in [1.29, 1.82) is 0 Å². The number of nitro benzene ring substituents is 1. The summed E-state index contributed by atoms with van der Waals surface area (Å²) in [7, 11) is 0. The highest BCUT2D eigenvalue weighted by Gasteiger charge is 2.11. The van der Waals surface area contributed by atoms with E-state index in [4.69, 9.17) is 4.74 Å². The van der Waals surface area contributed by atoms with E-state index >= 15 is 0 Å². The smallest absolute Gasteiger partial charge is 0.407 e. The second kappa shape index (κ2) is 9.07. The molecule has 0 unspecified atom stereocenters. The van der Waals surface area contributed by atoms with Crippen molar-refractivity contribution in [3.8, 4) is 5.75 Å². The molecule has 0 aliphatic carbocycles. The van der Waals surface area contributed by atoms with Gasteiger partial charge in [-0.2, -0.15) is 0 Å². The zero-order valence-corrected chi connectivity index (χ0v) is 13.4. The van der Waals surface area contributed by atoms with Gasteiger partial charge in [0.05, 0.1) is 16.6 Å². The Hall–Kier alpha value is -3.35. The first-order valence-electron chi connectivity index (χ1n) is 7.65. The van der Waals surface area contributed by atoms with Crippen LogP contribution >= 0.6 is 0 Å². The molecule has 0 aliphatic heterocycles. The highest BCUT2D eigenvalue weighted by atomic mass is 16.6. The number of nitrogens with one attached hydrogen (secondary N) is 1. The monoisotopic (exact) mass is 342 g/mol. The molecular formula is C18H18N2O5. The molecular weight excluding hydrogens is 324 g/mol. The number of ether oxygens (including phenoxy) is 1.